The minimum atomic E-state index is 0.00224. The van der Waals surface area contributed by atoms with Crippen LogP contribution in [0.3, 0.4) is 0 Å². The lowest BCUT2D eigenvalue weighted by Crippen LogP contribution is -2.39. The minimum absolute atomic E-state index is 0.00224. The molecule has 0 spiro atoms. The Kier molecular flexibility index (Phi) is 5.08. The summed E-state index contributed by atoms with van der Waals surface area (Å²) in [6.07, 6.45) is 6.03. The van der Waals surface area contributed by atoms with Gasteiger partial charge in [0.1, 0.15) is 0 Å². The Morgan fingerprint density at radius 3 is 2.91 bits per heavy atom. The monoisotopic (exact) mass is 329 g/mol. The van der Waals surface area contributed by atoms with Gasteiger partial charge in [0.2, 0.25) is 5.91 Å². The van der Waals surface area contributed by atoms with Gasteiger partial charge in [0.15, 0.2) is 0 Å². The second-order valence-electron chi connectivity index (χ2n) is 6.04. The van der Waals surface area contributed by atoms with Crippen LogP contribution in [-0.2, 0) is 4.79 Å². The standard InChI is InChI=1S/C18H23N3OS/c1-19-11-12-21(2)18(22)14-8-4-3-7-13(14)17-20-15-9-5-6-10-16(15)23-17/h3-6,9-10,13-14,19H,7-8,11-12H2,1-2H3. The van der Waals surface area contributed by atoms with E-state index in [9.17, 15) is 4.79 Å². The van der Waals surface area contributed by atoms with Crippen LogP contribution in [0.4, 0.5) is 0 Å². The second kappa shape index (κ2) is 7.23. The van der Waals surface area contributed by atoms with E-state index in [1.165, 1.54) is 4.70 Å². The number of hydrogen-bond acceptors (Lipinski definition) is 4. The number of hydrogen-bond donors (Lipinski definition) is 1. The van der Waals surface area contributed by atoms with Gasteiger partial charge in [-0.3, -0.25) is 4.79 Å². The number of amides is 1. The first-order valence-electron chi connectivity index (χ1n) is 8.10. The number of carbonyl (C=O) groups is 1. The molecule has 0 saturated heterocycles. The van der Waals surface area contributed by atoms with E-state index in [-0.39, 0.29) is 17.7 Å². The van der Waals surface area contributed by atoms with E-state index in [2.05, 4.69) is 23.5 Å². The quantitative estimate of drug-likeness (QED) is 0.858. The number of carbonyl (C=O) groups excluding carboxylic acids is 1. The molecule has 1 aromatic heterocycles. The molecule has 1 aromatic carbocycles. The van der Waals surface area contributed by atoms with Crippen molar-refractivity contribution in [1.29, 1.82) is 0 Å². The van der Waals surface area contributed by atoms with Crippen LogP contribution < -0.4 is 5.32 Å². The fourth-order valence-corrected chi connectivity index (χ4v) is 4.23. The van der Waals surface area contributed by atoms with Crippen LogP contribution in [-0.4, -0.2) is 43.0 Å². The number of allylic oxidation sites excluding steroid dienone is 2. The first kappa shape index (κ1) is 16.1. The average molecular weight is 329 g/mol. The molecule has 3 rings (SSSR count). The van der Waals surface area contributed by atoms with Gasteiger partial charge < -0.3 is 10.2 Å². The zero-order chi connectivity index (χ0) is 16.2. The molecule has 2 aromatic rings. The summed E-state index contributed by atoms with van der Waals surface area (Å²) in [4.78, 5) is 19.5. The Morgan fingerprint density at radius 2 is 2.13 bits per heavy atom. The molecule has 0 bridgehead atoms. The van der Waals surface area contributed by atoms with Gasteiger partial charge in [-0.25, -0.2) is 4.98 Å². The lowest BCUT2D eigenvalue weighted by Gasteiger charge is -2.30. The molecule has 0 aliphatic heterocycles. The molecule has 1 aliphatic carbocycles. The van der Waals surface area contributed by atoms with Crippen molar-refractivity contribution in [2.45, 2.75) is 18.8 Å². The lowest BCUT2D eigenvalue weighted by atomic mass is 9.82. The fourth-order valence-electron chi connectivity index (χ4n) is 3.08. The second-order valence-corrected chi connectivity index (χ2v) is 7.10. The summed E-state index contributed by atoms with van der Waals surface area (Å²) in [6, 6.07) is 8.20. The lowest BCUT2D eigenvalue weighted by molar-refractivity contribution is -0.135. The number of nitrogens with one attached hydrogen (secondary N) is 1. The van der Waals surface area contributed by atoms with E-state index >= 15 is 0 Å². The van der Waals surface area contributed by atoms with E-state index in [4.69, 9.17) is 4.98 Å². The molecule has 1 aliphatic rings. The van der Waals surface area contributed by atoms with E-state index in [1.807, 2.05) is 37.2 Å². The molecule has 1 amide bonds. The average Bonchev–Trinajstić information content (AvgIpc) is 3.03. The van der Waals surface area contributed by atoms with Crippen molar-refractivity contribution in [3.8, 4) is 0 Å². The van der Waals surface area contributed by atoms with Gasteiger partial charge in [-0.2, -0.15) is 0 Å². The maximum atomic E-state index is 12.8. The zero-order valence-electron chi connectivity index (χ0n) is 13.7. The highest BCUT2D eigenvalue weighted by Crippen LogP contribution is 2.39. The summed E-state index contributed by atoms with van der Waals surface area (Å²) in [7, 11) is 3.80. The summed E-state index contributed by atoms with van der Waals surface area (Å²) < 4.78 is 1.20. The third-order valence-electron chi connectivity index (χ3n) is 4.45. The highest BCUT2D eigenvalue weighted by molar-refractivity contribution is 7.18. The van der Waals surface area contributed by atoms with Crippen molar-refractivity contribution in [1.82, 2.24) is 15.2 Å². The van der Waals surface area contributed by atoms with Crippen molar-refractivity contribution in [3.63, 3.8) is 0 Å². The van der Waals surface area contributed by atoms with E-state index in [0.717, 1.165) is 36.5 Å². The van der Waals surface area contributed by atoms with E-state index < -0.39 is 0 Å². The SMILES string of the molecule is CNCCN(C)C(=O)C1CC=CCC1c1nc2ccccc2s1. The summed E-state index contributed by atoms with van der Waals surface area (Å²) in [6.45, 7) is 1.55. The maximum Gasteiger partial charge on any atom is 0.226 e. The molecule has 5 heteroatoms. The minimum Gasteiger partial charge on any atom is -0.344 e. The molecule has 2 unspecified atom stereocenters. The Hall–Kier alpha value is -1.72. The van der Waals surface area contributed by atoms with Crippen molar-refractivity contribution in [3.05, 3.63) is 41.4 Å². The highest BCUT2D eigenvalue weighted by atomic mass is 32.1. The van der Waals surface area contributed by atoms with Crippen LogP contribution in [0.2, 0.25) is 0 Å². The summed E-state index contributed by atoms with van der Waals surface area (Å²) in [5, 5.41) is 4.19. The molecular weight excluding hydrogens is 306 g/mol. The van der Waals surface area contributed by atoms with Gasteiger partial charge in [-0.15, -0.1) is 11.3 Å². The molecule has 2 atom stereocenters. The summed E-state index contributed by atoms with van der Waals surface area (Å²) >= 11 is 1.73. The van der Waals surface area contributed by atoms with Crippen LogP contribution in [0, 0.1) is 5.92 Å². The molecule has 1 N–H and O–H groups in total. The first-order chi connectivity index (χ1) is 11.2. The first-order valence-corrected chi connectivity index (χ1v) is 8.92. The third kappa shape index (κ3) is 3.46. The fraction of sp³-hybridized carbons (Fsp3) is 0.444. The number of aromatic nitrogens is 1. The van der Waals surface area contributed by atoms with E-state index in [1.54, 1.807) is 11.3 Å². The van der Waals surface area contributed by atoms with Crippen LogP contribution >= 0.6 is 11.3 Å². The van der Waals surface area contributed by atoms with Gasteiger partial charge >= 0.3 is 0 Å². The Morgan fingerprint density at radius 1 is 1.35 bits per heavy atom. The van der Waals surface area contributed by atoms with Gasteiger partial charge in [0.25, 0.3) is 0 Å². The Balaban J connectivity index is 1.84. The normalized spacial score (nSPS) is 20.8. The topological polar surface area (TPSA) is 45.2 Å². The molecule has 1 heterocycles. The number of thiazole rings is 1. The zero-order valence-corrected chi connectivity index (χ0v) is 14.5. The van der Waals surface area contributed by atoms with Crippen LogP contribution in [0.15, 0.2) is 36.4 Å². The molecular formula is C18H23N3OS. The molecule has 0 fully saturated rings. The highest BCUT2D eigenvalue weighted by Gasteiger charge is 2.33. The Bertz CT molecular complexity index is 676. The number of fused-ring (bicyclic) bond motifs is 1. The Labute approximate surface area is 141 Å². The number of rotatable bonds is 5. The molecule has 0 radical (unpaired) electrons. The predicted molar refractivity (Wildman–Crippen MR) is 95.8 cm³/mol. The van der Waals surface area contributed by atoms with Crippen LogP contribution in [0.5, 0.6) is 0 Å². The number of likely N-dealkylation sites (N-methyl/N-ethyl adjacent to an activating group) is 2. The smallest absolute Gasteiger partial charge is 0.226 e. The number of nitrogens with zero attached hydrogens (tertiary/aromatic N) is 2. The molecule has 122 valence electrons. The number of benzene rings is 1. The van der Waals surface area contributed by atoms with Crippen LogP contribution in [0.1, 0.15) is 23.8 Å². The molecule has 0 saturated carbocycles. The largest absolute Gasteiger partial charge is 0.344 e. The van der Waals surface area contributed by atoms with Crippen LogP contribution in [0.25, 0.3) is 10.2 Å². The van der Waals surface area contributed by atoms with Gasteiger partial charge in [-0.05, 0) is 32.0 Å². The summed E-state index contributed by atoms with van der Waals surface area (Å²) in [5.41, 5.74) is 1.04. The van der Waals surface area contributed by atoms with Gasteiger partial charge in [0.05, 0.1) is 21.1 Å². The van der Waals surface area contributed by atoms with Crippen molar-refractivity contribution in [2.24, 2.45) is 5.92 Å². The van der Waals surface area contributed by atoms with Crippen molar-refractivity contribution < 1.29 is 4.79 Å². The number of para-hydroxylation sites is 1. The predicted octanol–water partition coefficient (Wildman–Crippen LogP) is 3.02. The molecule has 23 heavy (non-hydrogen) atoms. The van der Waals surface area contributed by atoms with Gasteiger partial charge in [-0.1, -0.05) is 24.3 Å². The van der Waals surface area contributed by atoms with Crippen molar-refractivity contribution >= 4 is 27.5 Å². The summed E-state index contributed by atoms with van der Waals surface area (Å²) in [5.74, 6) is 0.429. The van der Waals surface area contributed by atoms with Crippen molar-refractivity contribution in [2.75, 3.05) is 27.2 Å². The van der Waals surface area contributed by atoms with E-state index in [0.29, 0.717) is 0 Å². The molecule has 4 nitrogen and oxygen atoms in total. The third-order valence-corrected chi connectivity index (χ3v) is 5.62. The maximum absolute atomic E-state index is 12.8. The van der Waals surface area contributed by atoms with Gasteiger partial charge in [0, 0.05) is 26.1 Å².